The summed E-state index contributed by atoms with van der Waals surface area (Å²) >= 11 is 0. The van der Waals surface area contributed by atoms with Crippen molar-refractivity contribution in [3.63, 3.8) is 0 Å². The molecule has 1 atom stereocenters. The number of amides is 1. The average Bonchev–Trinajstić information content (AvgIpc) is 3.92. The molecule has 2 N–H and O–H groups in total. The first-order valence-corrected chi connectivity index (χ1v) is 17.5. The smallest absolute Gasteiger partial charge is 0.388 e. The molecule has 4 aromatic heterocycles. The van der Waals surface area contributed by atoms with E-state index < -0.39 is 70.1 Å². The van der Waals surface area contributed by atoms with Gasteiger partial charge in [-0.3, -0.25) is 14.2 Å². The molecule has 10 nitrogen and oxygen atoms in total. The number of benzene rings is 2. The highest BCUT2D eigenvalue weighted by atomic mass is 19.4. The number of nitrogens with zero attached hydrogens (tertiary/aromatic N) is 6. The molecule has 23 heteroatoms. The van der Waals surface area contributed by atoms with Crippen LogP contribution in [0.5, 0.6) is 0 Å². The Kier molecular flexibility index (Phi) is 14.2. The number of rotatable bonds is 7. The minimum atomic E-state index is -4.71. The molecule has 320 valence electrons. The third-order valence-electron chi connectivity index (χ3n) is 8.50. The highest BCUT2D eigenvalue weighted by molar-refractivity contribution is 6.11. The molecule has 1 aliphatic rings. The van der Waals surface area contributed by atoms with E-state index in [1.165, 1.54) is 20.2 Å². The predicted octanol–water partition coefficient (Wildman–Crippen LogP) is 8.99. The summed E-state index contributed by atoms with van der Waals surface area (Å²) in [5.74, 6) is -7.27. The third kappa shape index (κ3) is 11.5. The first kappa shape index (κ1) is 45.7. The Morgan fingerprint density at radius 2 is 1.18 bits per heavy atom. The Bertz CT molecular complexity index is 2460. The molecule has 2 aromatic carbocycles. The van der Waals surface area contributed by atoms with Crippen molar-refractivity contribution in [1.29, 1.82) is 0 Å². The second kappa shape index (κ2) is 18.9. The number of pyridine rings is 2. The van der Waals surface area contributed by atoms with Crippen LogP contribution in [-0.4, -0.2) is 55.9 Å². The van der Waals surface area contributed by atoms with E-state index in [0.717, 1.165) is 77.6 Å². The van der Waals surface area contributed by atoms with Gasteiger partial charge in [0.05, 0.1) is 22.5 Å². The number of alkyl halides is 6. The molecule has 0 spiro atoms. The Labute approximate surface area is 339 Å². The maximum absolute atomic E-state index is 14.4. The van der Waals surface area contributed by atoms with Crippen molar-refractivity contribution in [2.24, 2.45) is 14.1 Å². The van der Waals surface area contributed by atoms with E-state index in [1.54, 1.807) is 0 Å². The number of aryl methyl sites for hydroxylation is 2. The molecule has 1 aliphatic heterocycles. The van der Waals surface area contributed by atoms with Gasteiger partial charge in [-0.15, -0.1) is 0 Å². The first-order chi connectivity index (χ1) is 28.6. The van der Waals surface area contributed by atoms with E-state index >= 15 is 0 Å². The van der Waals surface area contributed by atoms with Crippen LogP contribution < -0.4 is 10.6 Å². The molecule has 1 saturated heterocycles. The average molecular weight is 868 g/mol. The van der Waals surface area contributed by atoms with E-state index in [2.05, 4.69) is 25.5 Å². The van der Waals surface area contributed by atoms with Crippen molar-refractivity contribution in [3.8, 4) is 22.5 Å². The monoisotopic (exact) mass is 868 g/mol. The molecule has 0 bridgehead atoms. The van der Waals surface area contributed by atoms with Crippen LogP contribution in [0.4, 0.5) is 64.3 Å². The highest BCUT2D eigenvalue weighted by Gasteiger charge is 2.36. The number of nitrogens with one attached hydrogen (secondary N) is 2. The zero-order valence-electron chi connectivity index (χ0n) is 31.4. The fraction of sp³-hybridized carbons (Fsp3) is 0.237. The van der Waals surface area contributed by atoms with Crippen molar-refractivity contribution < 1.29 is 62.2 Å². The van der Waals surface area contributed by atoms with Gasteiger partial charge < -0.3 is 15.4 Å². The number of carbonyl (C=O) groups is 1. The van der Waals surface area contributed by atoms with Crippen molar-refractivity contribution >= 4 is 25.4 Å². The zero-order valence-corrected chi connectivity index (χ0v) is 31.4. The highest BCUT2D eigenvalue weighted by Crippen LogP contribution is 2.34. The van der Waals surface area contributed by atoms with E-state index in [1.807, 2.05) is 5.32 Å². The zero-order chi connectivity index (χ0) is 44.8. The van der Waals surface area contributed by atoms with Gasteiger partial charge >= 0.3 is 12.4 Å². The molecule has 61 heavy (non-hydrogen) atoms. The summed E-state index contributed by atoms with van der Waals surface area (Å²) in [6, 6.07) is 9.22. The Morgan fingerprint density at radius 1 is 0.721 bits per heavy atom. The minimum Gasteiger partial charge on any atom is -0.388 e. The van der Waals surface area contributed by atoms with Gasteiger partial charge in [-0.25, -0.2) is 36.3 Å². The lowest BCUT2D eigenvalue weighted by atomic mass is 9.98. The quantitative estimate of drug-likeness (QED) is 0.122. The summed E-state index contributed by atoms with van der Waals surface area (Å²) in [5, 5.41) is 11.2. The fourth-order valence-electron chi connectivity index (χ4n) is 5.50. The van der Waals surface area contributed by atoms with Crippen LogP contribution in [-0.2, 0) is 37.7 Å². The Morgan fingerprint density at radius 3 is 1.57 bits per heavy atom. The summed E-state index contributed by atoms with van der Waals surface area (Å²) in [6.45, 7) is 0.579. The van der Waals surface area contributed by atoms with Gasteiger partial charge in [0.25, 0.3) is 5.91 Å². The largest absolute Gasteiger partial charge is 0.435 e. The third-order valence-corrected chi connectivity index (χ3v) is 8.50. The van der Waals surface area contributed by atoms with Crippen molar-refractivity contribution in [2.45, 2.75) is 37.7 Å². The van der Waals surface area contributed by atoms with Gasteiger partial charge in [-0.05, 0) is 49.2 Å². The molecule has 1 fully saturated rings. The Balaban J connectivity index is 0.000000203. The van der Waals surface area contributed by atoms with Gasteiger partial charge in [0.1, 0.15) is 59.9 Å². The number of ether oxygens (including phenoxy) is 1. The molecule has 5 heterocycles. The van der Waals surface area contributed by atoms with Gasteiger partial charge in [0.15, 0.2) is 11.4 Å². The molecule has 6 aromatic rings. The summed E-state index contributed by atoms with van der Waals surface area (Å²) in [7, 11) is 7.75. The molecule has 2 radical (unpaired) electrons. The minimum absolute atomic E-state index is 0.0304. The van der Waals surface area contributed by atoms with Gasteiger partial charge in [0, 0.05) is 63.3 Å². The lowest BCUT2D eigenvalue weighted by Crippen LogP contribution is -2.16. The number of aromatic nitrogens is 6. The van der Waals surface area contributed by atoms with Crippen molar-refractivity contribution in [2.75, 3.05) is 17.2 Å². The number of anilines is 2. The first-order valence-electron chi connectivity index (χ1n) is 17.5. The van der Waals surface area contributed by atoms with Crippen LogP contribution in [0, 0.1) is 34.9 Å². The van der Waals surface area contributed by atoms with Crippen LogP contribution >= 0.6 is 0 Å². The van der Waals surface area contributed by atoms with Crippen LogP contribution in [0.2, 0.25) is 0 Å². The molecule has 1 amide bonds. The SMILES string of the molecule is Cn1nc(C(F)(F)F)cc1-c1cnc(NC(=O)c2c(F)cccc2F)cc1F.Cn1nc(C(F)(F)F)cc1-c1cnc(NCc2c(F)cccc2F)cc1F.[B]C1CCCO1. The van der Waals surface area contributed by atoms with Crippen molar-refractivity contribution in [3.05, 3.63) is 130 Å². The van der Waals surface area contributed by atoms with Gasteiger partial charge in [-0.1, -0.05) is 12.1 Å². The molecule has 0 saturated carbocycles. The predicted molar refractivity (Wildman–Crippen MR) is 196 cm³/mol. The maximum atomic E-state index is 14.4. The second-order valence-electron chi connectivity index (χ2n) is 12.8. The molecular formula is C38H29BF12N8O2. The second-order valence-corrected chi connectivity index (χ2v) is 12.8. The lowest BCUT2D eigenvalue weighted by molar-refractivity contribution is -0.142. The van der Waals surface area contributed by atoms with E-state index in [-0.39, 0.29) is 52.3 Å². The normalized spacial score (nSPS) is 13.8. The van der Waals surface area contributed by atoms with Crippen LogP contribution in [0.3, 0.4) is 0 Å². The van der Waals surface area contributed by atoms with E-state index in [0.29, 0.717) is 18.2 Å². The van der Waals surface area contributed by atoms with E-state index in [4.69, 9.17) is 12.6 Å². The lowest BCUT2D eigenvalue weighted by Gasteiger charge is -2.09. The molecular weight excluding hydrogens is 839 g/mol. The fourth-order valence-corrected chi connectivity index (χ4v) is 5.50. The summed E-state index contributed by atoms with van der Waals surface area (Å²) in [4.78, 5) is 19.6. The molecule has 7 rings (SSSR count). The number of carbonyl (C=O) groups excluding carboxylic acids is 1. The van der Waals surface area contributed by atoms with Crippen LogP contribution in [0.25, 0.3) is 22.5 Å². The van der Waals surface area contributed by atoms with Gasteiger partial charge in [-0.2, -0.15) is 36.5 Å². The summed E-state index contributed by atoms with van der Waals surface area (Å²) < 4.78 is 166. The van der Waals surface area contributed by atoms with Crippen LogP contribution in [0.15, 0.2) is 73.1 Å². The summed E-state index contributed by atoms with van der Waals surface area (Å²) in [6.07, 6.45) is -5.30. The van der Waals surface area contributed by atoms with E-state index in [9.17, 15) is 57.5 Å². The molecule has 1 unspecified atom stereocenters. The Hall–Kier alpha value is -6.39. The van der Waals surface area contributed by atoms with Crippen molar-refractivity contribution in [1.82, 2.24) is 29.5 Å². The molecule has 0 aliphatic carbocycles. The standard InChI is InChI=1S/C17H10F6N4O.C17H12F6N4.C4H7BO/c1-27-12(6-13(26-27)17(21,22)23)8-7-24-14(5-11(8)20)25-16(28)15-9(18)3-2-4-10(15)19;1-27-14(6-15(26-27)17(21,22)23)10-8-25-16(5-13(10)20)24-7-9-11(18)3-2-4-12(9)19;5-4-2-1-3-6-4/h2-7H,1H3,(H,24,25,28);2-6,8H,7H2,1H3,(H,24,25);4H,1-3H2. The van der Waals surface area contributed by atoms with Gasteiger partial charge in [0.2, 0.25) is 0 Å². The number of halogens is 12. The van der Waals surface area contributed by atoms with Crippen LogP contribution in [0.1, 0.15) is 40.2 Å². The number of hydrogen-bond donors (Lipinski definition) is 2. The maximum Gasteiger partial charge on any atom is 0.435 e. The summed E-state index contributed by atoms with van der Waals surface area (Å²) in [5.41, 5.74) is -4.30. The number of hydrogen-bond acceptors (Lipinski definition) is 7. The topological polar surface area (TPSA) is 112 Å².